The first-order valence-electron chi connectivity index (χ1n) is 6.37. The largest absolute Gasteiger partial charge is 0.480 e. The fourth-order valence-corrected chi connectivity index (χ4v) is 2.61. The van der Waals surface area contributed by atoms with Crippen molar-refractivity contribution >= 4 is 23.6 Å². The molecule has 1 rings (SSSR count). The van der Waals surface area contributed by atoms with Crippen LogP contribution in [-0.2, 0) is 15.3 Å². The third-order valence-corrected chi connectivity index (χ3v) is 3.58. The molecule has 1 heterocycles. The van der Waals surface area contributed by atoms with Crippen LogP contribution in [0, 0.1) is 0 Å². The molecule has 0 radical (unpaired) electrons. The number of aromatic nitrogens is 3. The lowest BCUT2D eigenvalue weighted by atomic mass is 10.2. The first-order chi connectivity index (χ1) is 9.41. The van der Waals surface area contributed by atoms with Crippen LogP contribution in [0.25, 0.3) is 0 Å². The van der Waals surface area contributed by atoms with E-state index in [1.165, 1.54) is 13.3 Å². The maximum absolute atomic E-state index is 11.0. The Kier molecular flexibility index (Phi) is 6.50. The van der Waals surface area contributed by atoms with Crippen LogP contribution in [0.15, 0.2) is 6.33 Å². The second-order valence-electron chi connectivity index (χ2n) is 4.65. The molecular formula is C12H20N4O3S. The van der Waals surface area contributed by atoms with E-state index >= 15 is 0 Å². The Morgan fingerprint density at radius 2 is 2.20 bits per heavy atom. The van der Waals surface area contributed by atoms with Gasteiger partial charge in [0.1, 0.15) is 18.2 Å². The second kappa shape index (κ2) is 7.88. The molecule has 20 heavy (non-hydrogen) atoms. The Morgan fingerprint density at radius 3 is 2.75 bits per heavy atom. The number of aliphatic carboxylic acids is 1. The number of thioether (sulfide) groups is 1. The van der Waals surface area contributed by atoms with E-state index in [1.807, 2.05) is 18.5 Å². The van der Waals surface area contributed by atoms with E-state index in [0.29, 0.717) is 17.9 Å². The van der Waals surface area contributed by atoms with Gasteiger partial charge in [-0.1, -0.05) is 0 Å². The molecule has 0 aromatic carbocycles. The number of carbonyl (C=O) groups is 2. The van der Waals surface area contributed by atoms with Gasteiger partial charge >= 0.3 is 5.97 Å². The van der Waals surface area contributed by atoms with E-state index in [9.17, 15) is 9.59 Å². The molecule has 1 amide bonds. The van der Waals surface area contributed by atoms with Crippen molar-refractivity contribution < 1.29 is 14.7 Å². The summed E-state index contributed by atoms with van der Waals surface area (Å²) >= 11 is 1.58. The number of nitrogens with one attached hydrogen (secondary N) is 1. The summed E-state index contributed by atoms with van der Waals surface area (Å²) in [6.07, 6.45) is 1.91. The van der Waals surface area contributed by atoms with Gasteiger partial charge in [-0.3, -0.25) is 4.79 Å². The van der Waals surface area contributed by atoms with Crippen molar-refractivity contribution in [1.29, 1.82) is 0 Å². The highest BCUT2D eigenvalue weighted by Crippen LogP contribution is 2.14. The second-order valence-corrected chi connectivity index (χ2v) is 5.75. The zero-order valence-corrected chi connectivity index (χ0v) is 12.7. The molecule has 1 atom stereocenters. The molecule has 0 saturated carbocycles. The molecule has 1 unspecified atom stereocenters. The topological polar surface area (TPSA) is 97.1 Å². The lowest BCUT2D eigenvalue weighted by Gasteiger charge is -2.13. The first-order valence-corrected chi connectivity index (χ1v) is 7.53. The summed E-state index contributed by atoms with van der Waals surface area (Å²) in [5.41, 5.74) is 0. The molecule has 0 fully saturated rings. The van der Waals surface area contributed by atoms with Crippen molar-refractivity contribution in [3.63, 3.8) is 0 Å². The molecule has 0 aliphatic rings. The minimum atomic E-state index is -1.01. The molecule has 0 spiro atoms. The van der Waals surface area contributed by atoms with Crippen molar-refractivity contribution in [1.82, 2.24) is 20.1 Å². The number of carboxylic acids is 1. The summed E-state index contributed by atoms with van der Waals surface area (Å²) in [7, 11) is 0. The molecule has 112 valence electrons. The molecule has 7 nitrogen and oxygen atoms in total. The summed E-state index contributed by atoms with van der Waals surface area (Å²) in [6, 6.07) is -0.581. The highest BCUT2D eigenvalue weighted by Gasteiger charge is 2.17. The smallest absolute Gasteiger partial charge is 0.326 e. The third-order valence-electron chi connectivity index (χ3n) is 2.59. The average molecular weight is 300 g/mol. The fourth-order valence-electron chi connectivity index (χ4n) is 1.68. The van der Waals surface area contributed by atoms with Gasteiger partial charge in [-0.15, -0.1) is 0 Å². The van der Waals surface area contributed by atoms with Gasteiger partial charge in [0.25, 0.3) is 0 Å². The van der Waals surface area contributed by atoms with Crippen LogP contribution in [0.4, 0.5) is 0 Å². The quantitative estimate of drug-likeness (QED) is 0.697. The van der Waals surface area contributed by atoms with Crippen molar-refractivity contribution in [2.24, 2.45) is 0 Å². The van der Waals surface area contributed by atoms with E-state index in [0.717, 1.165) is 5.82 Å². The zero-order valence-electron chi connectivity index (χ0n) is 11.9. The van der Waals surface area contributed by atoms with Crippen LogP contribution in [0.2, 0.25) is 0 Å². The zero-order chi connectivity index (χ0) is 15.1. The number of hydrogen-bond donors (Lipinski definition) is 2. The fraction of sp³-hybridized carbons (Fsp3) is 0.667. The molecule has 0 bridgehead atoms. The molecule has 0 aliphatic carbocycles. The van der Waals surface area contributed by atoms with Gasteiger partial charge in [0, 0.05) is 13.0 Å². The van der Waals surface area contributed by atoms with E-state index < -0.39 is 12.0 Å². The number of nitrogens with zero attached hydrogens (tertiary/aromatic N) is 3. The number of carboxylic acid groups (broad SMARTS) is 1. The Bertz CT molecular complexity index is 461. The van der Waals surface area contributed by atoms with Gasteiger partial charge in [-0.25, -0.2) is 14.5 Å². The number of carbonyl (C=O) groups excluding carboxylic acids is 1. The van der Waals surface area contributed by atoms with E-state index in [4.69, 9.17) is 5.11 Å². The lowest BCUT2D eigenvalue weighted by molar-refractivity contribution is -0.141. The van der Waals surface area contributed by atoms with Gasteiger partial charge in [0.15, 0.2) is 0 Å². The minimum Gasteiger partial charge on any atom is -0.480 e. The highest BCUT2D eigenvalue weighted by molar-refractivity contribution is 7.98. The van der Waals surface area contributed by atoms with Gasteiger partial charge in [0.05, 0.1) is 5.75 Å². The maximum Gasteiger partial charge on any atom is 0.326 e. The Morgan fingerprint density at radius 1 is 1.50 bits per heavy atom. The van der Waals surface area contributed by atoms with Gasteiger partial charge < -0.3 is 10.4 Å². The van der Waals surface area contributed by atoms with Gasteiger partial charge in [-0.05, 0) is 26.0 Å². The number of hydrogen-bond acceptors (Lipinski definition) is 5. The Labute approximate surface area is 122 Å². The van der Waals surface area contributed by atoms with E-state index in [1.54, 1.807) is 11.8 Å². The van der Waals surface area contributed by atoms with Crippen LogP contribution in [0.1, 0.15) is 39.1 Å². The van der Waals surface area contributed by atoms with E-state index in [-0.39, 0.29) is 11.9 Å². The first kappa shape index (κ1) is 16.5. The van der Waals surface area contributed by atoms with Crippen LogP contribution in [-0.4, -0.2) is 43.5 Å². The standard InChI is InChI=1S/C12H20N4O3S/c1-8(2)16-11(13-7-14-16)6-20-5-4-10(12(18)19)15-9(3)17/h7-8,10H,4-6H2,1-3H3,(H,15,17)(H,18,19). The summed E-state index contributed by atoms with van der Waals surface area (Å²) < 4.78 is 1.84. The van der Waals surface area contributed by atoms with Gasteiger partial charge in [-0.2, -0.15) is 16.9 Å². The molecule has 8 heteroatoms. The average Bonchev–Trinajstić information content (AvgIpc) is 2.80. The predicted molar refractivity (Wildman–Crippen MR) is 76.4 cm³/mol. The predicted octanol–water partition coefficient (Wildman–Crippen LogP) is 1.07. The van der Waals surface area contributed by atoms with Crippen molar-refractivity contribution in [2.45, 2.75) is 45.0 Å². The van der Waals surface area contributed by atoms with E-state index in [2.05, 4.69) is 15.4 Å². The summed E-state index contributed by atoms with van der Waals surface area (Å²) in [6.45, 7) is 5.37. The Hall–Kier alpha value is -1.57. The van der Waals surface area contributed by atoms with Gasteiger partial charge in [0.2, 0.25) is 5.91 Å². The van der Waals surface area contributed by atoms with Crippen LogP contribution < -0.4 is 5.32 Å². The SMILES string of the molecule is CC(=O)NC(CCSCc1ncnn1C(C)C)C(=O)O. The number of amides is 1. The summed E-state index contributed by atoms with van der Waals surface area (Å²) in [5, 5.41) is 15.5. The molecule has 2 N–H and O–H groups in total. The maximum atomic E-state index is 11.0. The molecule has 0 aliphatic heterocycles. The van der Waals surface area contributed by atoms with Crippen LogP contribution in [0.5, 0.6) is 0 Å². The molecular weight excluding hydrogens is 280 g/mol. The Balaban J connectivity index is 2.38. The van der Waals surface area contributed by atoms with Crippen molar-refractivity contribution in [3.8, 4) is 0 Å². The third kappa shape index (κ3) is 5.20. The summed E-state index contributed by atoms with van der Waals surface area (Å²) in [4.78, 5) is 26.0. The lowest BCUT2D eigenvalue weighted by Crippen LogP contribution is -2.39. The van der Waals surface area contributed by atoms with Crippen molar-refractivity contribution in [2.75, 3.05) is 5.75 Å². The van der Waals surface area contributed by atoms with Crippen molar-refractivity contribution in [3.05, 3.63) is 12.2 Å². The molecule has 1 aromatic heterocycles. The molecule has 0 saturated heterocycles. The number of rotatable bonds is 8. The highest BCUT2D eigenvalue weighted by atomic mass is 32.2. The minimum absolute atomic E-state index is 0.249. The summed E-state index contributed by atoms with van der Waals surface area (Å²) in [5.74, 6) is 0.830. The van der Waals surface area contributed by atoms with Crippen LogP contribution in [0.3, 0.4) is 0 Å². The van der Waals surface area contributed by atoms with Crippen LogP contribution >= 0.6 is 11.8 Å². The monoisotopic (exact) mass is 300 g/mol. The normalized spacial score (nSPS) is 12.4. The molecule has 1 aromatic rings.